The number of rotatable bonds is 6. The summed E-state index contributed by atoms with van der Waals surface area (Å²) in [5.41, 5.74) is 2.25. The molecule has 1 aromatic heterocycles. The number of cyclic esters (lactones) is 1. The van der Waals surface area contributed by atoms with Gasteiger partial charge < -0.3 is 14.2 Å². The average molecular weight is 433 g/mol. The summed E-state index contributed by atoms with van der Waals surface area (Å²) in [5.74, 6) is -1.63. The van der Waals surface area contributed by atoms with Gasteiger partial charge in [-0.3, -0.25) is 4.90 Å². The Labute approximate surface area is 185 Å². The van der Waals surface area contributed by atoms with E-state index in [0.29, 0.717) is 24.6 Å². The van der Waals surface area contributed by atoms with Gasteiger partial charge in [0.05, 0.1) is 6.54 Å². The Hall–Kier alpha value is -3.65. The molecule has 1 fully saturated rings. The molecule has 5 rings (SSSR count). The van der Waals surface area contributed by atoms with Crippen LogP contribution in [0.1, 0.15) is 24.6 Å². The van der Waals surface area contributed by atoms with Gasteiger partial charge >= 0.3 is 11.9 Å². The quantitative estimate of drug-likeness (QED) is 0.436. The molecule has 8 nitrogen and oxygen atoms in total. The maximum atomic E-state index is 12.3. The molecule has 0 spiro atoms. The molecule has 3 aromatic rings. The molecular weight excluding hydrogens is 410 g/mol. The van der Waals surface area contributed by atoms with Crippen molar-refractivity contribution >= 4 is 11.9 Å². The van der Waals surface area contributed by atoms with Crippen molar-refractivity contribution in [3.05, 3.63) is 66.2 Å². The standard InChI is InChI=1S/C24H23N3O5/c28-23-24(29)32-22-20(18-11-5-2-6-12-18)21(30-16-17-9-3-1-4-10-17)25-27(22)19(31-23)15-26-13-7-8-14-26/h1-6,9-12,19H,7-8,13-16H2. The van der Waals surface area contributed by atoms with Crippen LogP contribution in [0.15, 0.2) is 60.7 Å². The van der Waals surface area contributed by atoms with Gasteiger partial charge in [-0.25, -0.2) is 9.59 Å². The molecule has 164 valence electrons. The molecular formula is C24H23N3O5. The second-order valence-corrected chi connectivity index (χ2v) is 7.83. The van der Waals surface area contributed by atoms with E-state index in [9.17, 15) is 9.59 Å². The lowest BCUT2D eigenvalue weighted by atomic mass is 10.1. The Bertz CT molecular complexity index is 1110. The first-order valence-corrected chi connectivity index (χ1v) is 10.7. The molecule has 3 heterocycles. The summed E-state index contributed by atoms with van der Waals surface area (Å²) in [6.07, 6.45) is 1.38. The fraction of sp³-hybridized carbons (Fsp3) is 0.292. The third kappa shape index (κ3) is 4.09. The van der Waals surface area contributed by atoms with Crippen LogP contribution in [0.3, 0.4) is 0 Å². The van der Waals surface area contributed by atoms with Crippen molar-refractivity contribution in [3.8, 4) is 22.9 Å². The van der Waals surface area contributed by atoms with Crippen LogP contribution >= 0.6 is 0 Å². The summed E-state index contributed by atoms with van der Waals surface area (Å²) in [5, 5.41) is 4.61. The van der Waals surface area contributed by atoms with Crippen molar-refractivity contribution < 1.29 is 23.8 Å². The predicted octanol–water partition coefficient (Wildman–Crippen LogP) is 3.19. The molecule has 0 N–H and O–H groups in total. The molecule has 0 aliphatic carbocycles. The Morgan fingerprint density at radius 1 is 0.938 bits per heavy atom. The summed E-state index contributed by atoms with van der Waals surface area (Å²) in [4.78, 5) is 26.7. The van der Waals surface area contributed by atoms with E-state index < -0.39 is 18.2 Å². The molecule has 1 atom stereocenters. The zero-order valence-corrected chi connectivity index (χ0v) is 17.5. The second-order valence-electron chi connectivity index (χ2n) is 7.83. The van der Waals surface area contributed by atoms with Gasteiger partial charge in [-0.2, -0.15) is 4.68 Å². The topological polar surface area (TPSA) is 82.9 Å². The molecule has 0 amide bonds. The van der Waals surface area contributed by atoms with Gasteiger partial charge in [0.1, 0.15) is 12.2 Å². The number of fused-ring (bicyclic) bond motifs is 1. The van der Waals surface area contributed by atoms with Crippen LogP contribution in [0.2, 0.25) is 0 Å². The van der Waals surface area contributed by atoms with Crippen molar-refractivity contribution in [2.75, 3.05) is 19.6 Å². The Morgan fingerprint density at radius 3 is 2.34 bits per heavy atom. The zero-order chi connectivity index (χ0) is 21.9. The van der Waals surface area contributed by atoms with Gasteiger partial charge in [-0.15, -0.1) is 5.10 Å². The highest BCUT2D eigenvalue weighted by Gasteiger charge is 2.37. The summed E-state index contributed by atoms with van der Waals surface area (Å²) in [7, 11) is 0. The van der Waals surface area contributed by atoms with E-state index in [4.69, 9.17) is 14.2 Å². The maximum Gasteiger partial charge on any atom is 0.424 e. The average Bonchev–Trinajstić information content (AvgIpc) is 3.44. The third-order valence-corrected chi connectivity index (χ3v) is 5.60. The highest BCUT2D eigenvalue weighted by Crippen LogP contribution is 2.41. The monoisotopic (exact) mass is 433 g/mol. The number of ether oxygens (including phenoxy) is 3. The van der Waals surface area contributed by atoms with Gasteiger partial charge in [-0.1, -0.05) is 60.7 Å². The first kappa shape index (κ1) is 20.3. The summed E-state index contributed by atoms with van der Waals surface area (Å²) in [6, 6.07) is 19.1. The molecule has 0 bridgehead atoms. The van der Waals surface area contributed by atoms with Crippen LogP contribution in [0, 0.1) is 0 Å². The minimum Gasteiger partial charge on any atom is -0.471 e. The number of benzene rings is 2. The molecule has 0 radical (unpaired) electrons. The summed E-state index contributed by atoms with van der Waals surface area (Å²) < 4.78 is 18.5. The molecule has 0 saturated carbocycles. The molecule has 2 aromatic carbocycles. The summed E-state index contributed by atoms with van der Waals surface area (Å²) in [6.45, 7) is 2.52. The maximum absolute atomic E-state index is 12.3. The lowest BCUT2D eigenvalue weighted by molar-refractivity contribution is -0.167. The largest absolute Gasteiger partial charge is 0.471 e. The minimum absolute atomic E-state index is 0.152. The lowest BCUT2D eigenvalue weighted by Gasteiger charge is -2.22. The van der Waals surface area contributed by atoms with Crippen LogP contribution < -0.4 is 9.47 Å². The SMILES string of the molecule is O=C1Oc2c(-c3ccccc3)c(OCc3ccccc3)nn2C(CN2CCCC2)OC1=O. The van der Waals surface area contributed by atoms with Gasteiger partial charge in [0.15, 0.2) is 0 Å². The molecule has 2 aliphatic rings. The highest BCUT2D eigenvalue weighted by atomic mass is 16.6. The fourth-order valence-electron chi connectivity index (χ4n) is 4.02. The number of likely N-dealkylation sites (tertiary alicyclic amines) is 1. The molecule has 8 heteroatoms. The van der Waals surface area contributed by atoms with Crippen molar-refractivity contribution in [1.29, 1.82) is 0 Å². The van der Waals surface area contributed by atoms with Gasteiger partial charge in [0, 0.05) is 0 Å². The smallest absolute Gasteiger partial charge is 0.424 e. The van der Waals surface area contributed by atoms with E-state index in [1.165, 1.54) is 4.68 Å². The van der Waals surface area contributed by atoms with Gasteiger partial charge in [0.2, 0.25) is 18.0 Å². The van der Waals surface area contributed by atoms with Crippen LogP contribution in [-0.2, 0) is 20.9 Å². The van der Waals surface area contributed by atoms with Crippen LogP contribution in [-0.4, -0.2) is 46.3 Å². The van der Waals surface area contributed by atoms with Crippen molar-refractivity contribution in [2.24, 2.45) is 0 Å². The van der Waals surface area contributed by atoms with Crippen LogP contribution in [0.5, 0.6) is 11.8 Å². The Balaban J connectivity index is 1.56. The predicted molar refractivity (Wildman–Crippen MR) is 115 cm³/mol. The van der Waals surface area contributed by atoms with Crippen molar-refractivity contribution in [3.63, 3.8) is 0 Å². The molecule has 1 unspecified atom stereocenters. The first-order valence-electron chi connectivity index (χ1n) is 10.7. The first-order chi connectivity index (χ1) is 15.7. The Kier molecular flexibility index (Phi) is 5.60. The third-order valence-electron chi connectivity index (χ3n) is 5.60. The van der Waals surface area contributed by atoms with Gasteiger partial charge in [0.25, 0.3) is 0 Å². The number of carbonyl (C=O) groups is 2. The molecule has 1 saturated heterocycles. The van der Waals surface area contributed by atoms with E-state index in [-0.39, 0.29) is 5.88 Å². The van der Waals surface area contributed by atoms with Crippen molar-refractivity contribution in [2.45, 2.75) is 25.7 Å². The van der Waals surface area contributed by atoms with Crippen molar-refractivity contribution in [1.82, 2.24) is 14.7 Å². The van der Waals surface area contributed by atoms with E-state index in [1.807, 2.05) is 60.7 Å². The second kappa shape index (κ2) is 8.84. The van der Waals surface area contributed by atoms with Crippen LogP contribution in [0.4, 0.5) is 0 Å². The summed E-state index contributed by atoms with van der Waals surface area (Å²) >= 11 is 0. The normalized spacial score (nSPS) is 18.6. The zero-order valence-electron chi connectivity index (χ0n) is 17.5. The number of carbonyl (C=O) groups excluding carboxylic acids is 2. The Morgan fingerprint density at radius 2 is 1.62 bits per heavy atom. The van der Waals surface area contributed by atoms with E-state index in [1.54, 1.807) is 0 Å². The van der Waals surface area contributed by atoms with E-state index >= 15 is 0 Å². The van der Waals surface area contributed by atoms with Crippen LogP contribution in [0.25, 0.3) is 11.1 Å². The number of esters is 2. The van der Waals surface area contributed by atoms with E-state index in [0.717, 1.165) is 37.1 Å². The molecule has 32 heavy (non-hydrogen) atoms. The number of hydrogen-bond acceptors (Lipinski definition) is 7. The highest BCUT2D eigenvalue weighted by molar-refractivity contribution is 6.30. The number of hydrogen-bond donors (Lipinski definition) is 0. The minimum atomic E-state index is -1.07. The molecule has 2 aliphatic heterocycles. The van der Waals surface area contributed by atoms with E-state index in [2.05, 4.69) is 10.00 Å². The van der Waals surface area contributed by atoms with Gasteiger partial charge in [-0.05, 0) is 37.1 Å². The number of aromatic nitrogens is 2. The number of nitrogens with zero attached hydrogens (tertiary/aromatic N) is 3. The fourth-order valence-corrected chi connectivity index (χ4v) is 4.02. The lowest BCUT2D eigenvalue weighted by Crippen LogP contribution is -2.32.